The molecule has 3 heteroatoms. The van der Waals surface area contributed by atoms with E-state index in [2.05, 4.69) is 37.5 Å². The Morgan fingerprint density at radius 1 is 0.467 bits per heavy atom. The molecule has 0 saturated carbocycles. The van der Waals surface area contributed by atoms with Gasteiger partial charge >= 0.3 is 0 Å². The molecule has 180 valence electrons. The van der Waals surface area contributed by atoms with E-state index < -0.39 is 0 Å². The quantitative estimate of drug-likeness (QED) is 0.156. The first kappa shape index (κ1) is 29.4. The van der Waals surface area contributed by atoms with Gasteiger partial charge in [-0.25, -0.2) is 0 Å². The van der Waals surface area contributed by atoms with Gasteiger partial charge in [0.15, 0.2) is 0 Å². The van der Waals surface area contributed by atoms with Crippen LogP contribution < -0.4 is 0 Å². The molecule has 0 rings (SSSR count). The standard InChI is InChI=1S/C27H56N2O/c1-5-9-13-17-22-28(23-18-14-10-6-2)26-21-27(30)29(24-19-15-11-7-3)25-20-16-12-8-4/h5-26H2,1-4H3. The predicted molar refractivity (Wildman–Crippen MR) is 134 cm³/mol. The summed E-state index contributed by atoms with van der Waals surface area (Å²) in [6.45, 7) is 14.3. The average molecular weight is 425 g/mol. The van der Waals surface area contributed by atoms with Gasteiger partial charge in [-0.05, 0) is 38.8 Å². The first-order valence-electron chi connectivity index (χ1n) is 13.7. The lowest BCUT2D eigenvalue weighted by Crippen LogP contribution is -2.36. The van der Waals surface area contributed by atoms with Crippen molar-refractivity contribution in [3.63, 3.8) is 0 Å². The van der Waals surface area contributed by atoms with E-state index in [4.69, 9.17) is 0 Å². The number of nitrogens with zero attached hydrogens (tertiary/aromatic N) is 2. The third-order valence-electron chi connectivity index (χ3n) is 6.21. The summed E-state index contributed by atoms with van der Waals surface area (Å²) in [4.78, 5) is 17.8. The fourth-order valence-electron chi connectivity index (χ4n) is 4.09. The highest BCUT2D eigenvalue weighted by atomic mass is 16.2. The Morgan fingerprint density at radius 2 is 0.833 bits per heavy atom. The van der Waals surface area contributed by atoms with Crippen molar-refractivity contribution >= 4 is 5.91 Å². The fourth-order valence-corrected chi connectivity index (χ4v) is 4.09. The summed E-state index contributed by atoms with van der Waals surface area (Å²) in [6.07, 6.45) is 21.2. The molecule has 0 bridgehead atoms. The molecule has 0 radical (unpaired) electrons. The summed E-state index contributed by atoms with van der Waals surface area (Å²) >= 11 is 0. The van der Waals surface area contributed by atoms with E-state index in [-0.39, 0.29) is 0 Å². The van der Waals surface area contributed by atoms with Crippen molar-refractivity contribution in [1.82, 2.24) is 9.80 Å². The Morgan fingerprint density at radius 3 is 1.20 bits per heavy atom. The predicted octanol–water partition coefficient (Wildman–Crippen LogP) is 7.83. The monoisotopic (exact) mass is 424 g/mol. The van der Waals surface area contributed by atoms with Crippen molar-refractivity contribution in [2.75, 3.05) is 32.7 Å². The van der Waals surface area contributed by atoms with Gasteiger partial charge in [0.1, 0.15) is 0 Å². The van der Waals surface area contributed by atoms with Gasteiger partial charge in [-0.15, -0.1) is 0 Å². The minimum Gasteiger partial charge on any atom is -0.343 e. The molecule has 0 heterocycles. The summed E-state index contributed by atoms with van der Waals surface area (Å²) < 4.78 is 0. The molecule has 3 nitrogen and oxygen atoms in total. The lowest BCUT2D eigenvalue weighted by molar-refractivity contribution is -0.131. The minimum absolute atomic E-state index is 0.398. The molecule has 1 amide bonds. The highest BCUT2D eigenvalue weighted by Gasteiger charge is 2.15. The third kappa shape index (κ3) is 18.2. The van der Waals surface area contributed by atoms with Gasteiger partial charge in [-0.3, -0.25) is 4.79 Å². The van der Waals surface area contributed by atoms with E-state index in [0.717, 1.165) is 19.6 Å². The number of amides is 1. The smallest absolute Gasteiger partial charge is 0.223 e. The summed E-state index contributed by atoms with van der Waals surface area (Å²) in [5.41, 5.74) is 0. The number of carbonyl (C=O) groups is 1. The summed E-state index contributed by atoms with van der Waals surface area (Å²) in [6, 6.07) is 0. The largest absolute Gasteiger partial charge is 0.343 e. The van der Waals surface area contributed by atoms with E-state index in [1.165, 1.54) is 116 Å². The second-order valence-corrected chi connectivity index (χ2v) is 9.22. The average Bonchev–Trinajstić information content (AvgIpc) is 2.76. The van der Waals surface area contributed by atoms with Crippen LogP contribution >= 0.6 is 0 Å². The third-order valence-corrected chi connectivity index (χ3v) is 6.21. The summed E-state index contributed by atoms with van der Waals surface area (Å²) in [7, 11) is 0. The summed E-state index contributed by atoms with van der Waals surface area (Å²) in [5, 5.41) is 0. The molecule has 0 aromatic carbocycles. The van der Waals surface area contributed by atoms with Crippen molar-refractivity contribution in [3.8, 4) is 0 Å². The molecule has 0 aromatic rings. The lowest BCUT2D eigenvalue weighted by Gasteiger charge is -2.26. The number of carbonyl (C=O) groups excluding carboxylic acids is 1. The molecule has 30 heavy (non-hydrogen) atoms. The second kappa shape index (κ2) is 23.1. The Balaban J connectivity index is 4.50. The van der Waals surface area contributed by atoms with Crippen LogP contribution in [0.25, 0.3) is 0 Å². The first-order valence-corrected chi connectivity index (χ1v) is 13.7. The van der Waals surface area contributed by atoms with E-state index in [1.54, 1.807) is 0 Å². The number of rotatable bonds is 23. The molecule has 0 saturated heterocycles. The van der Waals surface area contributed by atoms with E-state index in [1.807, 2.05) is 0 Å². The second-order valence-electron chi connectivity index (χ2n) is 9.22. The van der Waals surface area contributed by atoms with Gasteiger partial charge in [0.05, 0.1) is 0 Å². The highest BCUT2D eigenvalue weighted by molar-refractivity contribution is 5.76. The van der Waals surface area contributed by atoms with Gasteiger partial charge in [0.25, 0.3) is 0 Å². The molecule has 0 aliphatic heterocycles. The zero-order valence-electron chi connectivity index (χ0n) is 21.4. The zero-order valence-corrected chi connectivity index (χ0v) is 21.4. The normalized spacial score (nSPS) is 11.4. The van der Waals surface area contributed by atoms with Crippen molar-refractivity contribution in [2.45, 2.75) is 137 Å². The van der Waals surface area contributed by atoms with Crippen LogP contribution in [0.1, 0.15) is 137 Å². The van der Waals surface area contributed by atoms with Gasteiger partial charge in [0, 0.05) is 26.1 Å². The van der Waals surface area contributed by atoms with Crippen LogP contribution in [-0.4, -0.2) is 48.4 Å². The SMILES string of the molecule is CCCCCCN(CCCCCC)CCC(=O)N(CCCCCC)CCCCCC. The van der Waals surface area contributed by atoms with Crippen molar-refractivity contribution in [3.05, 3.63) is 0 Å². The van der Waals surface area contributed by atoms with E-state index in [0.29, 0.717) is 12.3 Å². The fraction of sp³-hybridized carbons (Fsp3) is 0.963. The van der Waals surface area contributed by atoms with Crippen molar-refractivity contribution in [1.29, 1.82) is 0 Å². The number of unbranched alkanes of at least 4 members (excludes halogenated alkanes) is 12. The minimum atomic E-state index is 0.398. The van der Waals surface area contributed by atoms with Crippen LogP contribution in [0.3, 0.4) is 0 Å². The molecule has 0 atom stereocenters. The molecule has 0 aliphatic rings. The Labute approximate surface area is 190 Å². The topological polar surface area (TPSA) is 23.6 Å². The van der Waals surface area contributed by atoms with Crippen LogP contribution in [0.15, 0.2) is 0 Å². The van der Waals surface area contributed by atoms with Crippen molar-refractivity contribution in [2.24, 2.45) is 0 Å². The van der Waals surface area contributed by atoms with Gasteiger partial charge < -0.3 is 9.80 Å². The maximum Gasteiger partial charge on any atom is 0.223 e. The number of hydrogen-bond donors (Lipinski definition) is 0. The Bertz CT molecular complexity index is 335. The van der Waals surface area contributed by atoms with Crippen LogP contribution in [0, 0.1) is 0 Å². The first-order chi connectivity index (χ1) is 14.7. The maximum absolute atomic E-state index is 13.0. The molecular formula is C27H56N2O. The van der Waals surface area contributed by atoms with E-state index >= 15 is 0 Å². The Kier molecular flexibility index (Phi) is 22.7. The molecule has 0 spiro atoms. The molecule has 0 N–H and O–H groups in total. The molecule has 0 aliphatic carbocycles. The number of hydrogen-bond acceptors (Lipinski definition) is 2. The van der Waals surface area contributed by atoms with Crippen molar-refractivity contribution < 1.29 is 4.79 Å². The zero-order chi connectivity index (χ0) is 22.3. The maximum atomic E-state index is 13.0. The van der Waals surface area contributed by atoms with Crippen LogP contribution in [0.4, 0.5) is 0 Å². The van der Waals surface area contributed by atoms with E-state index in [9.17, 15) is 4.79 Å². The molecule has 0 unspecified atom stereocenters. The van der Waals surface area contributed by atoms with Gasteiger partial charge in [-0.1, -0.05) is 105 Å². The summed E-state index contributed by atoms with van der Waals surface area (Å²) in [5.74, 6) is 0.398. The van der Waals surface area contributed by atoms with Crippen LogP contribution in [-0.2, 0) is 4.79 Å². The molecule has 0 fully saturated rings. The highest BCUT2D eigenvalue weighted by Crippen LogP contribution is 2.10. The van der Waals surface area contributed by atoms with Gasteiger partial charge in [0.2, 0.25) is 5.91 Å². The van der Waals surface area contributed by atoms with Crippen LogP contribution in [0.5, 0.6) is 0 Å². The molecule has 0 aromatic heterocycles. The Hall–Kier alpha value is -0.570. The van der Waals surface area contributed by atoms with Crippen LogP contribution in [0.2, 0.25) is 0 Å². The van der Waals surface area contributed by atoms with Gasteiger partial charge in [-0.2, -0.15) is 0 Å². The lowest BCUT2D eigenvalue weighted by atomic mass is 10.1. The molecular weight excluding hydrogens is 368 g/mol.